The second-order valence-electron chi connectivity index (χ2n) is 3.70. The van der Waals surface area contributed by atoms with Crippen LogP contribution in [0.15, 0.2) is 0 Å². The Labute approximate surface area is 92.9 Å². The van der Waals surface area contributed by atoms with E-state index in [1.54, 1.807) is 0 Å². The summed E-state index contributed by atoms with van der Waals surface area (Å²) in [5.41, 5.74) is 0. The van der Waals surface area contributed by atoms with E-state index in [2.05, 4.69) is 0 Å². The number of aliphatic carboxylic acids is 1. The second-order valence-corrected chi connectivity index (χ2v) is 3.70. The van der Waals surface area contributed by atoms with Crippen molar-refractivity contribution in [1.29, 1.82) is 0 Å². The van der Waals surface area contributed by atoms with Crippen LogP contribution in [0.2, 0.25) is 0 Å². The molecule has 70 valence electrons. The molecule has 0 unspecified atom stereocenters. The fourth-order valence-electron chi connectivity index (χ4n) is 0.889. The average molecular weight is 368 g/mol. The number of quaternary nitrogens is 1. The zero-order valence-electron chi connectivity index (χ0n) is 7.70. The maximum atomic E-state index is 10.0. The van der Waals surface area contributed by atoms with E-state index >= 15 is 0 Å². The maximum Gasteiger partial charge on any atom is 0.108 e. The van der Waals surface area contributed by atoms with Crippen molar-refractivity contribution in [1.82, 2.24) is 0 Å². The van der Waals surface area contributed by atoms with E-state index in [0.717, 1.165) is 0 Å². The van der Waals surface area contributed by atoms with Gasteiger partial charge in [0.1, 0.15) is 12.6 Å². The summed E-state index contributed by atoms with van der Waals surface area (Å²) in [6.07, 6.45) is -1.09. The Morgan fingerprint density at radius 1 is 1.50 bits per heavy atom. The van der Waals surface area contributed by atoms with Crippen LogP contribution in [0.25, 0.3) is 0 Å². The number of carboxylic acid groups (broad SMARTS) is 1. The van der Waals surface area contributed by atoms with Crippen molar-refractivity contribution >= 4 is 33.3 Å². The van der Waals surface area contributed by atoms with Crippen LogP contribution in [0, 0.1) is 0 Å². The molecule has 0 spiro atoms. The topological polar surface area (TPSA) is 60.4 Å². The van der Waals surface area contributed by atoms with E-state index in [0.29, 0.717) is 11.0 Å². The van der Waals surface area contributed by atoms with E-state index in [9.17, 15) is 9.90 Å². The van der Waals surface area contributed by atoms with Gasteiger partial charge in [0.15, 0.2) is 0 Å². The summed E-state index contributed by atoms with van der Waals surface area (Å²) < 4.78 is 0.550. The van der Waals surface area contributed by atoms with E-state index in [4.69, 9.17) is 5.11 Å². The Kier molecular flexibility index (Phi) is 7.25. The molecule has 0 aliphatic heterocycles. The first-order valence-corrected chi connectivity index (χ1v) is 3.49. The number of rotatable bonds is 4. The van der Waals surface area contributed by atoms with Gasteiger partial charge in [0, 0.05) is 39.7 Å². The third kappa shape index (κ3) is 10.3. The van der Waals surface area contributed by atoms with Gasteiger partial charge in [0.25, 0.3) is 0 Å². The largest absolute Gasteiger partial charge is 0.550 e. The molecule has 0 rings (SSSR count). The second kappa shape index (κ2) is 5.87. The SMILES string of the molecule is C[N+](C)(C)C[C@H](O)CC(=O)[O-].[Pb]. The van der Waals surface area contributed by atoms with Crippen molar-refractivity contribution in [3.8, 4) is 0 Å². The molecular formula is C7H15NO3Pb. The Balaban J connectivity index is 0. The molecule has 0 aromatic carbocycles. The first kappa shape index (κ1) is 14.8. The van der Waals surface area contributed by atoms with Gasteiger partial charge in [-0.1, -0.05) is 0 Å². The van der Waals surface area contributed by atoms with Crippen LogP contribution in [0.5, 0.6) is 0 Å². The fraction of sp³-hybridized carbons (Fsp3) is 0.857. The molecule has 0 fully saturated rings. The zero-order chi connectivity index (χ0) is 9.07. The summed E-state index contributed by atoms with van der Waals surface area (Å²) >= 11 is 0. The monoisotopic (exact) mass is 369 g/mol. The number of hydrogen-bond donors (Lipinski definition) is 1. The summed E-state index contributed by atoms with van der Waals surface area (Å²) in [6.45, 7) is 0.425. The van der Waals surface area contributed by atoms with Crippen LogP contribution in [0.3, 0.4) is 0 Å². The van der Waals surface area contributed by atoms with E-state index in [1.165, 1.54) is 0 Å². The summed E-state index contributed by atoms with van der Waals surface area (Å²) in [5, 5.41) is 19.1. The van der Waals surface area contributed by atoms with E-state index in [-0.39, 0.29) is 33.7 Å². The van der Waals surface area contributed by atoms with Crippen LogP contribution < -0.4 is 5.11 Å². The van der Waals surface area contributed by atoms with Crippen molar-refractivity contribution in [2.75, 3.05) is 27.7 Å². The van der Waals surface area contributed by atoms with Crippen LogP contribution in [0.4, 0.5) is 0 Å². The molecule has 0 aliphatic carbocycles. The zero-order valence-corrected chi connectivity index (χ0v) is 11.6. The van der Waals surface area contributed by atoms with Crippen LogP contribution in [0.1, 0.15) is 6.42 Å². The number of aliphatic hydroxyl groups excluding tert-OH is 1. The Hall–Kier alpha value is 0.312. The number of nitrogens with zero attached hydrogens (tertiary/aromatic N) is 1. The van der Waals surface area contributed by atoms with Gasteiger partial charge in [-0.15, -0.1) is 0 Å². The molecular weight excluding hydrogens is 353 g/mol. The Morgan fingerprint density at radius 2 is 1.92 bits per heavy atom. The minimum absolute atomic E-state index is 0. The first-order valence-electron chi connectivity index (χ1n) is 3.49. The molecule has 0 aromatic heterocycles. The number of carbonyl (C=O) groups is 1. The van der Waals surface area contributed by atoms with Gasteiger partial charge >= 0.3 is 0 Å². The minimum Gasteiger partial charge on any atom is -0.550 e. The van der Waals surface area contributed by atoms with Crippen molar-refractivity contribution in [3.63, 3.8) is 0 Å². The predicted molar refractivity (Wildman–Crippen MR) is 44.3 cm³/mol. The fourth-order valence-corrected chi connectivity index (χ4v) is 0.889. The average Bonchev–Trinajstić information content (AvgIpc) is 1.53. The van der Waals surface area contributed by atoms with Crippen LogP contribution in [-0.4, -0.2) is 76.6 Å². The third-order valence-electron chi connectivity index (χ3n) is 1.16. The number of likely N-dealkylation sites (N-methyl/N-ethyl adjacent to an activating group) is 1. The minimum atomic E-state index is -1.20. The summed E-state index contributed by atoms with van der Waals surface area (Å²) in [4.78, 5) is 10.0. The maximum absolute atomic E-state index is 10.0. The third-order valence-corrected chi connectivity index (χ3v) is 1.16. The van der Waals surface area contributed by atoms with Gasteiger partial charge in [-0.05, 0) is 0 Å². The van der Waals surface area contributed by atoms with Crippen molar-refractivity contribution < 1.29 is 19.5 Å². The molecule has 0 aliphatic rings. The van der Waals surface area contributed by atoms with Gasteiger partial charge in [-0.25, -0.2) is 0 Å². The number of carbonyl (C=O) groups excluding carboxylic acids is 1. The standard InChI is InChI=1S/C7H15NO3.Pb/c1-8(2,3)5-6(9)4-7(10)11;/h6,9H,4-5H2,1-3H3;/t6-;/m1./s1. The molecule has 12 heavy (non-hydrogen) atoms. The normalized spacial score (nSPS) is 13.3. The van der Waals surface area contributed by atoms with Gasteiger partial charge in [-0.3, -0.25) is 0 Å². The molecule has 5 heteroatoms. The molecule has 0 saturated carbocycles. The summed E-state index contributed by atoms with van der Waals surface area (Å²) in [7, 11) is 5.66. The molecule has 0 heterocycles. The van der Waals surface area contributed by atoms with E-state index in [1.807, 2.05) is 21.1 Å². The molecule has 4 nitrogen and oxygen atoms in total. The molecule has 0 saturated heterocycles. The molecule has 4 radical (unpaired) electrons. The van der Waals surface area contributed by atoms with E-state index < -0.39 is 12.1 Å². The van der Waals surface area contributed by atoms with Crippen molar-refractivity contribution in [3.05, 3.63) is 0 Å². The molecule has 0 amide bonds. The summed E-state index contributed by atoms with van der Waals surface area (Å²) in [5.74, 6) is -1.20. The van der Waals surface area contributed by atoms with Gasteiger partial charge in [0.2, 0.25) is 0 Å². The Bertz CT molecular complexity index is 144. The molecule has 1 N–H and O–H groups in total. The smallest absolute Gasteiger partial charge is 0.108 e. The summed E-state index contributed by atoms with van der Waals surface area (Å²) in [6, 6.07) is 0. The number of aliphatic hydroxyl groups is 1. The first-order chi connectivity index (χ1) is 4.81. The Morgan fingerprint density at radius 3 is 2.17 bits per heavy atom. The number of carboxylic acids is 1. The van der Waals surface area contributed by atoms with Crippen molar-refractivity contribution in [2.45, 2.75) is 12.5 Å². The van der Waals surface area contributed by atoms with Gasteiger partial charge in [0.05, 0.1) is 21.1 Å². The molecule has 0 aromatic rings. The van der Waals surface area contributed by atoms with Crippen LogP contribution >= 0.6 is 0 Å². The molecule has 1 atom stereocenters. The van der Waals surface area contributed by atoms with Crippen molar-refractivity contribution in [2.24, 2.45) is 0 Å². The van der Waals surface area contributed by atoms with Crippen LogP contribution in [-0.2, 0) is 4.79 Å². The number of hydrogen-bond acceptors (Lipinski definition) is 3. The molecule has 0 bridgehead atoms. The van der Waals surface area contributed by atoms with Gasteiger partial charge < -0.3 is 19.5 Å². The quantitative estimate of drug-likeness (QED) is 0.453. The predicted octanol–water partition coefficient (Wildman–Crippen LogP) is -2.19. The van der Waals surface area contributed by atoms with Gasteiger partial charge in [-0.2, -0.15) is 0 Å².